The van der Waals surface area contributed by atoms with Gasteiger partial charge in [0.05, 0.1) is 6.04 Å². The van der Waals surface area contributed by atoms with Crippen LogP contribution in [0, 0.1) is 12.8 Å². The Labute approximate surface area is 160 Å². The highest BCUT2D eigenvalue weighted by atomic mass is 16.2. The normalized spacial score (nSPS) is 20.6. The van der Waals surface area contributed by atoms with Crippen molar-refractivity contribution < 1.29 is 9.59 Å². The van der Waals surface area contributed by atoms with Gasteiger partial charge >= 0.3 is 0 Å². The number of benzene rings is 2. The summed E-state index contributed by atoms with van der Waals surface area (Å²) in [6.45, 7) is 2.14. The van der Waals surface area contributed by atoms with Crippen molar-refractivity contribution in [2.75, 3.05) is 11.9 Å². The number of carbonyl (C=O) groups is 2. The molecule has 4 nitrogen and oxygen atoms in total. The molecule has 0 spiro atoms. The number of hydrogen-bond acceptors (Lipinski definition) is 2. The lowest BCUT2D eigenvalue weighted by Crippen LogP contribution is -2.42. The molecular weight excluding hydrogens is 336 g/mol. The molecule has 1 fully saturated rings. The maximum atomic E-state index is 13.5. The summed E-state index contributed by atoms with van der Waals surface area (Å²) in [5.41, 5.74) is 3.97. The number of rotatable bonds is 2. The van der Waals surface area contributed by atoms with Crippen LogP contribution in [0.25, 0.3) is 0 Å². The molecule has 1 aliphatic carbocycles. The van der Waals surface area contributed by atoms with Crippen LogP contribution in [0.3, 0.4) is 0 Å². The predicted molar refractivity (Wildman–Crippen MR) is 106 cm³/mol. The van der Waals surface area contributed by atoms with Gasteiger partial charge < -0.3 is 10.2 Å². The van der Waals surface area contributed by atoms with E-state index in [0.29, 0.717) is 0 Å². The highest BCUT2D eigenvalue weighted by Gasteiger charge is 2.36. The van der Waals surface area contributed by atoms with Crippen LogP contribution in [0.4, 0.5) is 5.69 Å². The molecule has 0 radical (unpaired) electrons. The van der Waals surface area contributed by atoms with E-state index in [4.69, 9.17) is 0 Å². The lowest BCUT2D eigenvalue weighted by Gasteiger charge is -2.34. The summed E-state index contributed by atoms with van der Waals surface area (Å²) in [6.07, 6.45) is 5.26. The minimum Gasteiger partial charge on any atom is -0.324 e. The topological polar surface area (TPSA) is 49.4 Å². The van der Waals surface area contributed by atoms with Crippen molar-refractivity contribution in [1.82, 2.24) is 4.90 Å². The fraction of sp³-hybridized carbons (Fsp3) is 0.391. The second kappa shape index (κ2) is 7.55. The van der Waals surface area contributed by atoms with E-state index < -0.39 is 0 Å². The first kappa shape index (κ1) is 17.8. The van der Waals surface area contributed by atoms with Crippen molar-refractivity contribution in [3.63, 3.8) is 0 Å². The zero-order chi connectivity index (χ0) is 18.8. The quantitative estimate of drug-likeness (QED) is 0.858. The van der Waals surface area contributed by atoms with E-state index in [1.165, 1.54) is 6.42 Å². The monoisotopic (exact) mass is 362 g/mol. The minimum atomic E-state index is -0.241. The molecule has 0 unspecified atom stereocenters. The average molecular weight is 362 g/mol. The van der Waals surface area contributed by atoms with Crippen LogP contribution in [0.1, 0.15) is 54.8 Å². The Morgan fingerprint density at radius 3 is 2.52 bits per heavy atom. The number of nitrogens with zero attached hydrogens (tertiary/aromatic N) is 1. The third-order valence-electron chi connectivity index (χ3n) is 5.75. The van der Waals surface area contributed by atoms with Gasteiger partial charge in [-0.3, -0.25) is 9.59 Å². The molecule has 2 amide bonds. The summed E-state index contributed by atoms with van der Waals surface area (Å²) in [4.78, 5) is 27.9. The fourth-order valence-electron chi connectivity index (χ4n) is 4.41. The molecule has 4 heteroatoms. The van der Waals surface area contributed by atoms with Crippen molar-refractivity contribution in [3.8, 4) is 0 Å². The Morgan fingerprint density at radius 2 is 1.78 bits per heavy atom. The number of fused-ring (bicyclic) bond motifs is 1. The molecule has 1 atom stereocenters. The summed E-state index contributed by atoms with van der Waals surface area (Å²) in [5, 5.41) is 3.00. The molecule has 2 aliphatic rings. The maximum Gasteiger partial charge on any atom is 0.244 e. The Morgan fingerprint density at radius 1 is 1.04 bits per heavy atom. The maximum absolute atomic E-state index is 13.5. The Kier molecular flexibility index (Phi) is 4.97. The molecule has 27 heavy (non-hydrogen) atoms. The molecule has 2 aromatic rings. The molecule has 1 aliphatic heterocycles. The molecule has 2 aromatic carbocycles. The number of anilines is 1. The lowest BCUT2D eigenvalue weighted by atomic mass is 9.86. The van der Waals surface area contributed by atoms with Gasteiger partial charge in [0, 0.05) is 17.2 Å². The van der Waals surface area contributed by atoms with Gasteiger partial charge in [0.2, 0.25) is 11.8 Å². The molecule has 1 N–H and O–H groups in total. The van der Waals surface area contributed by atoms with Crippen molar-refractivity contribution in [1.29, 1.82) is 0 Å². The van der Waals surface area contributed by atoms with Gasteiger partial charge in [-0.15, -0.1) is 0 Å². The molecule has 0 bridgehead atoms. The van der Waals surface area contributed by atoms with Crippen LogP contribution < -0.4 is 5.32 Å². The Bertz CT molecular complexity index is 841. The van der Waals surface area contributed by atoms with Crippen LogP contribution in [-0.4, -0.2) is 23.3 Å². The van der Waals surface area contributed by atoms with Gasteiger partial charge in [-0.2, -0.15) is 0 Å². The standard InChI is InChI=1S/C23H26N2O2/c1-16-12-13-20-19(14-16)22(17-8-4-2-5-9-17)25(15-21(26)24-20)23(27)18-10-6-3-7-11-18/h2,4-5,8-9,12-14,18,22H,3,6-7,10-11,15H2,1H3,(H,24,26)/t22-/m1/s1. The van der Waals surface area contributed by atoms with E-state index in [9.17, 15) is 9.59 Å². The van der Waals surface area contributed by atoms with Crippen LogP contribution in [0.5, 0.6) is 0 Å². The first-order chi connectivity index (χ1) is 13.1. The number of aryl methyl sites for hydroxylation is 1. The molecule has 1 heterocycles. The Hall–Kier alpha value is -2.62. The van der Waals surface area contributed by atoms with Gasteiger partial charge in [0.1, 0.15) is 6.54 Å². The summed E-state index contributed by atoms with van der Waals surface area (Å²) in [6, 6.07) is 15.9. The number of hydrogen-bond donors (Lipinski definition) is 1. The highest BCUT2D eigenvalue weighted by molar-refractivity contribution is 5.97. The molecule has 140 valence electrons. The molecule has 1 saturated carbocycles. The first-order valence-corrected chi connectivity index (χ1v) is 9.89. The Balaban J connectivity index is 1.81. The zero-order valence-electron chi connectivity index (χ0n) is 15.8. The van der Waals surface area contributed by atoms with E-state index in [2.05, 4.69) is 11.4 Å². The van der Waals surface area contributed by atoms with E-state index >= 15 is 0 Å². The third kappa shape index (κ3) is 3.61. The van der Waals surface area contributed by atoms with Crippen molar-refractivity contribution in [3.05, 3.63) is 65.2 Å². The number of amides is 2. The molecule has 4 rings (SSSR count). The average Bonchev–Trinajstić information content (AvgIpc) is 2.84. The van der Waals surface area contributed by atoms with Gasteiger partial charge in [-0.1, -0.05) is 67.3 Å². The number of nitrogens with one attached hydrogen (secondary N) is 1. The number of carbonyl (C=O) groups excluding carboxylic acids is 2. The van der Waals surface area contributed by atoms with E-state index in [1.54, 1.807) is 0 Å². The van der Waals surface area contributed by atoms with Crippen LogP contribution in [0.2, 0.25) is 0 Å². The van der Waals surface area contributed by atoms with Crippen LogP contribution >= 0.6 is 0 Å². The SMILES string of the molecule is Cc1ccc2c(c1)[C@@H](c1ccccc1)N(C(=O)C1CCCCC1)CC(=O)N2. The summed E-state index contributed by atoms with van der Waals surface area (Å²) < 4.78 is 0. The zero-order valence-corrected chi connectivity index (χ0v) is 15.8. The van der Waals surface area contributed by atoms with Gasteiger partial charge in [-0.25, -0.2) is 0 Å². The molecule has 0 aromatic heterocycles. The van der Waals surface area contributed by atoms with Gasteiger partial charge in [-0.05, 0) is 31.4 Å². The highest BCUT2D eigenvalue weighted by Crippen LogP contribution is 2.38. The third-order valence-corrected chi connectivity index (χ3v) is 5.75. The summed E-state index contributed by atoms with van der Waals surface area (Å²) in [5.74, 6) is 0.0277. The minimum absolute atomic E-state index is 0.0316. The molecule has 0 saturated heterocycles. The largest absolute Gasteiger partial charge is 0.324 e. The van der Waals surface area contributed by atoms with Crippen molar-refractivity contribution in [2.24, 2.45) is 5.92 Å². The van der Waals surface area contributed by atoms with Gasteiger partial charge in [0.25, 0.3) is 0 Å². The predicted octanol–water partition coefficient (Wildman–Crippen LogP) is 4.45. The lowest BCUT2D eigenvalue weighted by molar-refractivity contribution is -0.140. The van der Waals surface area contributed by atoms with Crippen LogP contribution in [-0.2, 0) is 9.59 Å². The van der Waals surface area contributed by atoms with Crippen LogP contribution in [0.15, 0.2) is 48.5 Å². The summed E-state index contributed by atoms with van der Waals surface area (Å²) in [7, 11) is 0. The van der Waals surface area contributed by atoms with Crippen molar-refractivity contribution >= 4 is 17.5 Å². The second-order valence-electron chi connectivity index (χ2n) is 7.75. The van der Waals surface area contributed by atoms with Gasteiger partial charge in [0.15, 0.2) is 0 Å². The first-order valence-electron chi connectivity index (χ1n) is 9.89. The van der Waals surface area contributed by atoms with E-state index in [-0.39, 0.29) is 30.3 Å². The smallest absolute Gasteiger partial charge is 0.244 e. The second-order valence-corrected chi connectivity index (χ2v) is 7.75. The van der Waals surface area contributed by atoms with Crippen molar-refractivity contribution in [2.45, 2.75) is 45.1 Å². The van der Waals surface area contributed by atoms with E-state index in [0.717, 1.165) is 48.1 Å². The molecular formula is C23H26N2O2. The van der Waals surface area contributed by atoms with E-state index in [1.807, 2.05) is 54.3 Å². The fourth-order valence-corrected chi connectivity index (χ4v) is 4.41. The summed E-state index contributed by atoms with van der Waals surface area (Å²) >= 11 is 0.